The Hall–Kier alpha value is -0.630. The molecule has 0 bridgehead atoms. The van der Waals surface area contributed by atoms with Gasteiger partial charge in [-0.3, -0.25) is 4.21 Å². The SMILES string of the molecule is CC(C)c1ccc2c(c1)S(=O)CC2. The summed E-state index contributed by atoms with van der Waals surface area (Å²) in [7, 11) is -0.725. The van der Waals surface area contributed by atoms with Crippen molar-refractivity contribution in [3.05, 3.63) is 29.3 Å². The summed E-state index contributed by atoms with van der Waals surface area (Å²) >= 11 is 0. The zero-order valence-electron chi connectivity index (χ0n) is 8.04. The van der Waals surface area contributed by atoms with Gasteiger partial charge < -0.3 is 0 Å². The minimum atomic E-state index is -0.725. The van der Waals surface area contributed by atoms with Crippen LogP contribution in [0.2, 0.25) is 0 Å². The zero-order valence-corrected chi connectivity index (χ0v) is 8.86. The predicted molar refractivity (Wildman–Crippen MR) is 55.5 cm³/mol. The van der Waals surface area contributed by atoms with Crippen LogP contribution in [0.1, 0.15) is 30.9 Å². The fourth-order valence-corrected chi connectivity index (χ4v) is 3.02. The van der Waals surface area contributed by atoms with Crippen LogP contribution in [0.15, 0.2) is 23.1 Å². The monoisotopic (exact) mass is 194 g/mol. The summed E-state index contributed by atoms with van der Waals surface area (Å²) in [5, 5.41) is 0. The molecule has 70 valence electrons. The maximum Gasteiger partial charge on any atom is 0.0535 e. The first-order chi connectivity index (χ1) is 6.18. The third-order valence-electron chi connectivity index (χ3n) is 2.56. The van der Waals surface area contributed by atoms with Gasteiger partial charge in [-0.1, -0.05) is 26.0 Å². The Morgan fingerprint density at radius 2 is 2.15 bits per heavy atom. The molecule has 1 aromatic carbocycles. The van der Waals surface area contributed by atoms with Crippen molar-refractivity contribution in [1.29, 1.82) is 0 Å². The van der Waals surface area contributed by atoms with Crippen LogP contribution in [-0.4, -0.2) is 9.96 Å². The summed E-state index contributed by atoms with van der Waals surface area (Å²) in [6.07, 6.45) is 0.986. The molecule has 1 heterocycles. The van der Waals surface area contributed by atoms with Gasteiger partial charge in [-0.25, -0.2) is 0 Å². The molecule has 1 nitrogen and oxygen atoms in total. The molecule has 0 fully saturated rings. The molecule has 0 radical (unpaired) electrons. The predicted octanol–water partition coefficient (Wildman–Crippen LogP) is 2.47. The van der Waals surface area contributed by atoms with Crippen molar-refractivity contribution in [3.63, 3.8) is 0 Å². The topological polar surface area (TPSA) is 17.1 Å². The van der Waals surface area contributed by atoms with Crippen LogP contribution in [0.3, 0.4) is 0 Å². The largest absolute Gasteiger partial charge is 0.254 e. The summed E-state index contributed by atoms with van der Waals surface area (Å²) in [6, 6.07) is 6.41. The van der Waals surface area contributed by atoms with Crippen LogP contribution < -0.4 is 0 Å². The number of hydrogen-bond donors (Lipinski definition) is 0. The molecule has 0 N–H and O–H groups in total. The summed E-state index contributed by atoms with van der Waals surface area (Å²) in [4.78, 5) is 1.08. The average Bonchev–Trinajstić information content (AvgIpc) is 2.47. The molecule has 0 amide bonds. The van der Waals surface area contributed by atoms with E-state index in [0.717, 1.165) is 17.1 Å². The molecular weight excluding hydrogens is 180 g/mol. The molecule has 1 aliphatic rings. The Labute approximate surface area is 81.6 Å². The van der Waals surface area contributed by atoms with Gasteiger partial charge in [-0.05, 0) is 29.5 Å². The van der Waals surface area contributed by atoms with Crippen LogP contribution >= 0.6 is 0 Å². The van der Waals surface area contributed by atoms with Crippen molar-refractivity contribution < 1.29 is 4.21 Å². The molecule has 1 aromatic rings. The van der Waals surface area contributed by atoms with Crippen LogP contribution in [0, 0.1) is 0 Å². The van der Waals surface area contributed by atoms with E-state index in [-0.39, 0.29) is 0 Å². The lowest BCUT2D eigenvalue weighted by molar-refractivity contribution is 0.685. The molecule has 1 aliphatic heterocycles. The lowest BCUT2D eigenvalue weighted by atomic mass is 10.0. The fraction of sp³-hybridized carbons (Fsp3) is 0.455. The second kappa shape index (κ2) is 3.26. The molecule has 0 aliphatic carbocycles. The smallest absolute Gasteiger partial charge is 0.0535 e. The summed E-state index contributed by atoms with van der Waals surface area (Å²) in [5.41, 5.74) is 2.58. The first-order valence-electron chi connectivity index (χ1n) is 4.69. The van der Waals surface area contributed by atoms with Crippen LogP contribution in [-0.2, 0) is 17.2 Å². The van der Waals surface area contributed by atoms with Gasteiger partial charge in [0.15, 0.2) is 0 Å². The normalized spacial score (nSPS) is 20.7. The third kappa shape index (κ3) is 1.55. The zero-order chi connectivity index (χ0) is 9.42. The van der Waals surface area contributed by atoms with Crippen LogP contribution in [0.4, 0.5) is 0 Å². The van der Waals surface area contributed by atoms with E-state index in [2.05, 4.69) is 32.0 Å². The third-order valence-corrected chi connectivity index (χ3v) is 4.01. The van der Waals surface area contributed by atoms with E-state index in [4.69, 9.17) is 0 Å². The van der Waals surface area contributed by atoms with E-state index >= 15 is 0 Å². The van der Waals surface area contributed by atoms with Gasteiger partial charge in [0.25, 0.3) is 0 Å². The number of rotatable bonds is 1. The van der Waals surface area contributed by atoms with Gasteiger partial charge in [0.05, 0.1) is 10.8 Å². The number of fused-ring (bicyclic) bond motifs is 1. The highest BCUT2D eigenvalue weighted by Gasteiger charge is 2.18. The van der Waals surface area contributed by atoms with Gasteiger partial charge in [0.2, 0.25) is 0 Å². The number of hydrogen-bond acceptors (Lipinski definition) is 1. The molecule has 1 unspecified atom stereocenters. The molecule has 0 saturated heterocycles. The van der Waals surface area contributed by atoms with Gasteiger partial charge in [0, 0.05) is 10.6 Å². The number of aryl methyl sites for hydroxylation is 1. The van der Waals surface area contributed by atoms with Crippen molar-refractivity contribution in [2.24, 2.45) is 0 Å². The fourth-order valence-electron chi connectivity index (χ4n) is 1.66. The molecule has 0 aromatic heterocycles. The van der Waals surface area contributed by atoms with E-state index in [1.165, 1.54) is 11.1 Å². The Morgan fingerprint density at radius 1 is 1.38 bits per heavy atom. The first-order valence-corrected chi connectivity index (χ1v) is 6.01. The maximum atomic E-state index is 11.6. The van der Waals surface area contributed by atoms with Crippen molar-refractivity contribution in [3.8, 4) is 0 Å². The van der Waals surface area contributed by atoms with E-state index in [1.54, 1.807) is 0 Å². The minimum absolute atomic E-state index is 0.530. The van der Waals surface area contributed by atoms with E-state index in [1.807, 2.05) is 0 Å². The van der Waals surface area contributed by atoms with E-state index in [9.17, 15) is 4.21 Å². The molecular formula is C11H14OS. The van der Waals surface area contributed by atoms with Crippen molar-refractivity contribution in [2.45, 2.75) is 31.1 Å². The standard InChI is InChI=1S/C11H14OS/c1-8(2)10-4-3-9-5-6-13(12)11(9)7-10/h3-4,7-8H,5-6H2,1-2H3. The van der Waals surface area contributed by atoms with Gasteiger partial charge in [-0.2, -0.15) is 0 Å². The second-order valence-electron chi connectivity index (χ2n) is 3.82. The molecule has 2 rings (SSSR count). The van der Waals surface area contributed by atoms with Crippen LogP contribution in [0.25, 0.3) is 0 Å². The first kappa shape index (κ1) is 8.95. The summed E-state index contributed by atoms with van der Waals surface area (Å²) < 4.78 is 11.6. The van der Waals surface area contributed by atoms with Gasteiger partial charge in [0.1, 0.15) is 0 Å². The molecule has 0 saturated carbocycles. The molecule has 13 heavy (non-hydrogen) atoms. The maximum absolute atomic E-state index is 11.6. The minimum Gasteiger partial charge on any atom is -0.254 e. The van der Waals surface area contributed by atoms with Crippen molar-refractivity contribution in [2.75, 3.05) is 5.75 Å². The van der Waals surface area contributed by atoms with E-state index in [0.29, 0.717) is 5.92 Å². The Bertz CT molecular complexity index is 355. The lowest BCUT2D eigenvalue weighted by Gasteiger charge is -2.06. The Kier molecular flexibility index (Phi) is 2.24. The molecule has 2 heteroatoms. The average molecular weight is 194 g/mol. The Morgan fingerprint density at radius 3 is 2.85 bits per heavy atom. The second-order valence-corrected chi connectivity index (χ2v) is 5.36. The summed E-state index contributed by atoms with van der Waals surface area (Å²) in [6.45, 7) is 4.33. The molecule has 0 spiro atoms. The van der Waals surface area contributed by atoms with Crippen molar-refractivity contribution in [1.82, 2.24) is 0 Å². The van der Waals surface area contributed by atoms with Crippen molar-refractivity contribution >= 4 is 10.8 Å². The van der Waals surface area contributed by atoms with E-state index < -0.39 is 10.8 Å². The summed E-state index contributed by atoms with van der Waals surface area (Å²) in [5.74, 6) is 1.35. The lowest BCUT2D eigenvalue weighted by Crippen LogP contribution is -1.91. The number of benzene rings is 1. The highest BCUT2D eigenvalue weighted by Crippen LogP contribution is 2.26. The van der Waals surface area contributed by atoms with Gasteiger partial charge in [-0.15, -0.1) is 0 Å². The quantitative estimate of drug-likeness (QED) is 0.671. The molecule has 1 atom stereocenters. The highest BCUT2D eigenvalue weighted by molar-refractivity contribution is 7.85. The highest BCUT2D eigenvalue weighted by atomic mass is 32.2. The van der Waals surface area contributed by atoms with Gasteiger partial charge >= 0.3 is 0 Å². The Balaban J connectivity index is 2.48. The van der Waals surface area contributed by atoms with Crippen LogP contribution in [0.5, 0.6) is 0 Å².